The van der Waals surface area contributed by atoms with Gasteiger partial charge in [-0.3, -0.25) is 0 Å². The Morgan fingerprint density at radius 3 is 2.00 bits per heavy atom. The molecule has 3 heteroatoms. The van der Waals surface area contributed by atoms with E-state index in [-0.39, 0.29) is 0 Å². The molecule has 0 radical (unpaired) electrons. The van der Waals surface area contributed by atoms with Gasteiger partial charge in [0.05, 0.1) is 0 Å². The van der Waals surface area contributed by atoms with Gasteiger partial charge < -0.3 is 5.32 Å². The summed E-state index contributed by atoms with van der Waals surface area (Å²) in [6, 6.07) is 17.9. The molecule has 3 rings (SSSR count). The Labute approximate surface area is 156 Å². The van der Waals surface area contributed by atoms with Crippen molar-refractivity contribution in [1.82, 2.24) is 15.3 Å². The Morgan fingerprint density at radius 1 is 0.769 bits per heavy atom. The van der Waals surface area contributed by atoms with Crippen LogP contribution in [0.25, 0.3) is 11.1 Å². The molecule has 1 atom stereocenters. The van der Waals surface area contributed by atoms with Crippen molar-refractivity contribution < 1.29 is 0 Å². The highest BCUT2D eigenvalue weighted by atomic mass is 14.9. The molecule has 0 saturated carbocycles. The standard InChI is InChI=1S/C23H27N3/c1-17(2)12-19-4-6-20(7-5-19)13-26-18(3)21-8-10-22(11-9-21)23-14-24-16-25-15-23/h4-11,14-18,26H,12-13H2,1-3H3. The fraction of sp³-hybridized carbons (Fsp3) is 0.304. The average molecular weight is 345 g/mol. The van der Waals surface area contributed by atoms with Crippen LogP contribution < -0.4 is 5.32 Å². The lowest BCUT2D eigenvalue weighted by molar-refractivity contribution is 0.574. The van der Waals surface area contributed by atoms with Gasteiger partial charge in [0.1, 0.15) is 6.33 Å². The highest BCUT2D eigenvalue weighted by Crippen LogP contribution is 2.21. The van der Waals surface area contributed by atoms with Gasteiger partial charge >= 0.3 is 0 Å². The van der Waals surface area contributed by atoms with Crippen LogP contribution in [0.15, 0.2) is 67.3 Å². The lowest BCUT2D eigenvalue weighted by Gasteiger charge is -2.15. The fourth-order valence-corrected chi connectivity index (χ4v) is 3.07. The number of nitrogens with zero attached hydrogens (tertiary/aromatic N) is 2. The molecule has 1 N–H and O–H groups in total. The second-order valence-electron chi connectivity index (χ2n) is 7.27. The largest absolute Gasteiger partial charge is 0.306 e. The van der Waals surface area contributed by atoms with Crippen LogP contribution in [-0.2, 0) is 13.0 Å². The van der Waals surface area contributed by atoms with E-state index >= 15 is 0 Å². The SMILES string of the molecule is CC(C)Cc1ccc(CNC(C)c2ccc(-c3cncnc3)cc2)cc1. The van der Waals surface area contributed by atoms with E-state index in [0.717, 1.165) is 24.1 Å². The first-order chi connectivity index (χ1) is 12.6. The number of aromatic nitrogens is 2. The number of hydrogen-bond donors (Lipinski definition) is 1. The molecule has 0 amide bonds. The lowest BCUT2D eigenvalue weighted by Crippen LogP contribution is -2.18. The zero-order valence-electron chi connectivity index (χ0n) is 15.8. The predicted octanol–water partition coefficient (Wildman–Crippen LogP) is 5.19. The van der Waals surface area contributed by atoms with Crippen LogP contribution in [0.5, 0.6) is 0 Å². The zero-order chi connectivity index (χ0) is 18.4. The Kier molecular flexibility index (Phi) is 6.13. The van der Waals surface area contributed by atoms with Crippen LogP contribution in [0.2, 0.25) is 0 Å². The van der Waals surface area contributed by atoms with Crippen LogP contribution in [0.3, 0.4) is 0 Å². The minimum Gasteiger partial charge on any atom is -0.306 e. The molecular formula is C23H27N3. The van der Waals surface area contributed by atoms with Gasteiger partial charge in [0, 0.05) is 30.5 Å². The number of nitrogens with one attached hydrogen (secondary N) is 1. The third kappa shape index (κ3) is 4.99. The summed E-state index contributed by atoms with van der Waals surface area (Å²) in [7, 11) is 0. The van der Waals surface area contributed by atoms with Crippen molar-refractivity contribution in [2.24, 2.45) is 5.92 Å². The quantitative estimate of drug-likeness (QED) is 0.640. The second kappa shape index (κ2) is 8.72. The Hall–Kier alpha value is -2.52. The minimum atomic E-state index is 0.298. The summed E-state index contributed by atoms with van der Waals surface area (Å²) in [6.45, 7) is 7.59. The van der Waals surface area contributed by atoms with Crippen LogP contribution in [0.4, 0.5) is 0 Å². The maximum atomic E-state index is 4.08. The average Bonchev–Trinajstić information content (AvgIpc) is 2.67. The summed E-state index contributed by atoms with van der Waals surface area (Å²) < 4.78 is 0. The minimum absolute atomic E-state index is 0.298. The van der Waals surface area contributed by atoms with Gasteiger partial charge in [-0.05, 0) is 41.5 Å². The van der Waals surface area contributed by atoms with Gasteiger partial charge in [-0.2, -0.15) is 0 Å². The van der Waals surface area contributed by atoms with Crippen molar-refractivity contribution in [3.05, 3.63) is 83.9 Å². The van der Waals surface area contributed by atoms with E-state index in [0.29, 0.717) is 12.0 Å². The normalized spacial score (nSPS) is 12.3. The summed E-state index contributed by atoms with van der Waals surface area (Å²) in [5, 5.41) is 3.61. The van der Waals surface area contributed by atoms with Crippen molar-refractivity contribution in [1.29, 1.82) is 0 Å². The van der Waals surface area contributed by atoms with Crippen LogP contribution in [0.1, 0.15) is 43.5 Å². The summed E-state index contributed by atoms with van der Waals surface area (Å²) in [4.78, 5) is 8.16. The highest BCUT2D eigenvalue weighted by molar-refractivity contribution is 5.61. The van der Waals surface area contributed by atoms with Crippen molar-refractivity contribution in [2.75, 3.05) is 0 Å². The van der Waals surface area contributed by atoms with Crippen molar-refractivity contribution in [3.63, 3.8) is 0 Å². The molecule has 0 bridgehead atoms. The summed E-state index contributed by atoms with van der Waals surface area (Å²) in [5.74, 6) is 0.699. The van der Waals surface area contributed by atoms with Gasteiger partial charge in [0.25, 0.3) is 0 Å². The molecule has 3 nitrogen and oxygen atoms in total. The lowest BCUT2D eigenvalue weighted by atomic mass is 10.0. The summed E-state index contributed by atoms with van der Waals surface area (Å²) in [5.41, 5.74) is 6.20. The third-order valence-electron chi connectivity index (χ3n) is 4.58. The maximum absolute atomic E-state index is 4.08. The maximum Gasteiger partial charge on any atom is 0.115 e. The van der Waals surface area contributed by atoms with Gasteiger partial charge in [-0.15, -0.1) is 0 Å². The van der Waals surface area contributed by atoms with Crippen LogP contribution in [-0.4, -0.2) is 9.97 Å². The molecule has 0 aliphatic rings. The van der Waals surface area contributed by atoms with Gasteiger partial charge in [-0.1, -0.05) is 62.4 Å². The molecule has 0 aliphatic carbocycles. The Bertz CT molecular complexity index is 793. The molecule has 1 unspecified atom stereocenters. The summed E-state index contributed by atoms with van der Waals surface area (Å²) in [6.07, 6.45) is 6.38. The number of rotatable bonds is 7. The first kappa shape index (κ1) is 18.3. The van der Waals surface area contributed by atoms with Crippen LogP contribution in [0, 0.1) is 5.92 Å². The van der Waals surface area contributed by atoms with E-state index in [9.17, 15) is 0 Å². The molecule has 3 aromatic rings. The topological polar surface area (TPSA) is 37.8 Å². The smallest absolute Gasteiger partial charge is 0.115 e. The van der Waals surface area contributed by atoms with Crippen molar-refractivity contribution in [2.45, 2.75) is 39.8 Å². The molecule has 2 aromatic carbocycles. The molecule has 0 spiro atoms. The molecule has 0 aliphatic heterocycles. The van der Waals surface area contributed by atoms with E-state index < -0.39 is 0 Å². The Balaban J connectivity index is 1.57. The molecular weight excluding hydrogens is 318 g/mol. The first-order valence-electron chi connectivity index (χ1n) is 9.28. The van der Waals surface area contributed by atoms with E-state index in [2.05, 4.69) is 84.6 Å². The van der Waals surface area contributed by atoms with E-state index in [1.54, 1.807) is 6.33 Å². The zero-order valence-corrected chi connectivity index (χ0v) is 15.8. The fourth-order valence-electron chi connectivity index (χ4n) is 3.07. The van der Waals surface area contributed by atoms with E-state index in [1.807, 2.05) is 12.4 Å². The Morgan fingerprint density at radius 2 is 1.38 bits per heavy atom. The number of benzene rings is 2. The van der Waals surface area contributed by atoms with Crippen molar-refractivity contribution in [3.8, 4) is 11.1 Å². The van der Waals surface area contributed by atoms with Gasteiger partial charge in [0.2, 0.25) is 0 Å². The third-order valence-corrected chi connectivity index (χ3v) is 4.58. The second-order valence-corrected chi connectivity index (χ2v) is 7.27. The number of hydrogen-bond acceptors (Lipinski definition) is 3. The van der Waals surface area contributed by atoms with E-state index in [4.69, 9.17) is 0 Å². The van der Waals surface area contributed by atoms with Gasteiger partial charge in [0.15, 0.2) is 0 Å². The molecule has 26 heavy (non-hydrogen) atoms. The molecule has 0 saturated heterocycles. The van der Waals surface area contributed by atoms with Crippen LogP contribution >= 0.6 is 0 Å². The van der Waals surface area contributed by atoms with Crippen molar-refractivity contribution >= 4 is 0 Å². The monoisotopic (exact) mass is 345 g/mol. The predicted molar refractivity (Wildman–Crippen MR) is 108 cm³/mol. The van der Waals surface area contributed by atoms with Gasteiger partial charge in [-0.25, -0.2) is 9.97 Å². The van der Waals surface area contributed by atoms with E-state index in [1.165, 1.54) is 16.7 Å². The highest BCUT2D eigenvalue weighted by Gasteiger charge is 2.06. The first-order valence-corrected chi connectivity index (χ1v) is 9.28. The molecule has 134 valence electrons. The molecule has 1 heterocycles. The molecule has 1 aromatic heterocycles. The molecule has 0 fully saturated rings. The summed E-state index contributed by atoms with van der Waals surface area (Å²) >= 11 is 0.